The highest BCUT2D eigenvalue weighted by atomic mass is 32.1. The monoisotopic (exact) mass is 256 g/mol. The molecule has 0 aliphatic heterocycles. The van der Waals surface area contributed by atoms with Gasteiger partial charge in [0.1, 0.15) is 17.0 Å². The van der Waals surface area contributed by atoms with Gasteiger partial charge in [-0.3, -0.25) is 0 Å². The van der Waals surface area contributed by atoms with Gasteiger partial charge in [0.15, 0.2) is 0 Å². The first-order chi connectivity index (χ1) is 8.84. The van der Waals surface area contributed by atoms with Crippen LogP contribution < -0.4 is 11.1 Å². The van der Waals surface area contributed by atoms with Crippen molar-refractivity contribution in [3.8, 4) is 0 Å². The third kappa shape index (κ3) is 2.00. The molecule has 3 aromatic rings. The number of fused-ring (bicyclic) bond motifs is 1. The van der Waals surface area contributed by atoms with Gasteiger partial charge in [-0.15, -0.1) is 11.3 Å². The molecule has 0 radical (unpaired) electrons. The first-order valence-electron chi connectivity index (χ1n) is 5.60. The van der Waals surface area contributed by atoms with Gasteiger partial charge < -0.3 is 11.1 Å². The molecule has 3 N–H and O–H groups in total. The second kappa shape index (κ2) is 4.62. The summed E-state index contributed by atoms with van der Waals surface area (Å²) in [5, 5.41) is 6.37. The molecule has 0 fully saturated rings. The molecule has 0 atom stereocenters. The molecule has 2 aromatic heterocycles. The van der Waals surface area contributed by atoms with E-state index in [4.69, 9.17) is 5.73 Å². The molecular formula is C13H12N4S. The van der Waals surface area contributed by atoms with Crippen molar-refractivity contribution < 1.29 is 0 Å². The van der Waals surface area contributed by atoms with Crippen molar-refractivity contribution in [3.63, 3.8) is 0 Å². The van der Waals surface area contributed by atoms with Crippen molar-refractivity contribution in [1.29, 1.82) is 0 Å². The van der Waals surface area contributed by atoms with Crippen LogP contribution in [0.3, 0.4) is 0 Å². The summed E-state index contributed by atoms with van der Waals surface area (Å²) in [6, 6.07) is 9.84. The number of aromatic nitrogens is 2. The SMILES string of the molecule is Nc1ccccc1CNc1ncnc2sccc12. The zero-order chi connectivity index (χ0) is 12.4. The number of hydrogen-bond donors (Lipinski definition) is 2. The zero-order valence-corrected chi connectivity index (χ0v) is 10.4. The lowest BCUT2D eigenvalue weighted by atomic mass is 10.2. The highest BCUT2D eigenvalue weighted by Crippen LogP contribution is 2.24. The zero-order valence-electron chi connectivity index (χ0n) is 9.63. The molecule has 3 rings (SSSR count). The van der Waals surface area contributed by atoms with Gasteiger partial charge in [0.05, 0.1) is 5.39 Å². The molecule has 5 heteroatoms. The van der Waals surface area contributed by atoms with Crippen molar-refractivity contribution in [2.24, 2.45) is 0 Å². The highest BCUT2D eigenvalue weighted by Gasteiger charge is 2.04. The Morgan fingerprint density at radius 3 is 2.94 bits per heavy atom. The molecule has 18 heavy (non-hydrogen) atoms. The van der Waals surface area contributed by atoms with Crippen LogP contribution in [0.4, 0.5) is 11.5 Å². The summed E-state index contributed by atoms with van der Waals surface area (Å²) in [5.74, 6) is 0.851. The summed E-state index contributed by atoms with van der Waals surface area (Å²) < 4.78 is 0. The predicted octanol–water partition coefficient (Wildman–Crippen LogP) is 2.89. The maximum atomic E-state index is 5.91. The Labute approximate surface area is 109 Å². The molecule has 0 aliphatic rings. The molecule has 0 saturated heterocycles. The summed E-state index contributed by atoms with van der Waals surface area (Å²) in [6.07, 6.45) is 1.58. The summed E-state index contributed by atoms with van der Waals surface area (Å²) in [7, 11) is 0. The Balaban J connectivity index is 1.85. The van der Waals surface area contributed by atoms with E-state index in [1.165, 1.54) is 0 Å². The van der Waals surface area contributed by atoms with Gasteiger partial charge in [-0.2, -0.15) is 0 Å². The van der Waals surface area contributed by atoms with E-state index in [1.807, 2.05) is 35.7 Å². The normalized spacial score (nSPS) is 10.7. The van der Waals surface area contributed by atoms with Crippen LogP contribution >= 0.6 is 11.3 Å². The predicted molar refractivity (Wildman–Crippen MR) is 75.6 cm³/mol. The number of anilines is 2. The standard InChI is InChI=1S/C13H12N4S/c14-11-4-2-1-3-9(11)7-15-12-10-5-6-18-13(10)17-8-16-12/h1-6,8H,7,14H2,(H,15,16,17). The van der Waals surface area contributed by atoms with Gasteiger partial charge in [-0.05, 0) is 23.1 Å². The summed E-state index contributed by atoms with van der Waals surface area (Å²) in [5.41, 5.74) is 7.77. The topological polar surface area (TPSA) is 63.8 Å². The lowest BCUT2D eigenvalue weighted by molar-refractivity contribution is 1.11. The molecule has 0 bridgehead atoms. The van der Waals surface area contributed by atoms with E-state index < -0.39 is 0 Å². The van der Waals surface area contributed by atoms with Crippen molar-refractivity contribution in [2.75, 3.05) is 11.1 Å². The molecule has 0 aliphatic carbocycles. The van der Waals surface area contributed by atoms with Crippen LogP contribution in [-0.2, 0) is 6.54 Å². The molecule has 0 saturated carbocycles. The fourth-order valence-corrected chi connectivity index (χ4v) is 2.54. The fraction of sp³-hybridized carbons (Fsp3) is 0.0769. The lowest BCUT2D eigenvalue weighted by Crippen LogP contribution is -2.04. The fourth-order valence-electron chi connectivity index (χ4n) is 1.81. The number of para-hydroxylation sites is 1. The molecule has 1 aromatic carbocycles. The molecule has 90 valence electrons. The number of nitrogen functional groups attached to an aromatic ring is 1. The van der Waals surface area contributed by atoms with Crippen LogP contribution in [0, 0.1) is 0 Å². The van der Waals surface area contributed by atoms with E-state index in [2.05, 4.69) is 15.3 Å². The summed E-state index contributed by atoms with van der Waals surface area (Å²) >= 11 is 1.61. The van der Waals surface area contributed by atoms with Crippen LogP contribution in [0.25, 0.3) is 10.2 Å². The van der Waals surface area contributed by atoms with Gasteiger partial charge in [0.25, 0.3) is 0 Å². The first-order valence-corrected chi connectivity index (χ1v) is 6.48. The van der Waals surface area contributed by atoms with Crippen LogP contribution in [0.5, 0.6) is 0 Å². The van der Waals surface area contributed by atoms with Crippen molar-refractivity contribution >= 4 is 33.1 Å². The third-order valence-corrected chi connectivity index (χ3v) is 3.58. The molecule has 0 amide bonds. The molecule has 4 nitrogen and oxygen atoms in total. The quantitative estimate of drug-likeness (QED) is 0.707. The van der Waals surface area contributed by atoms with E-state index in [0.29, 0.717) is 6.54 Å². The first kappa shape index (κ1) is 11.0. The Morgan fingerprint density at radius 1 is 1.17 bits per heavy atom. The van der Waals surface area contributed by atoms with Crippen LogP contribution in [0.2, 0.25) is 0 Å². The smallest absolute Gasteiger partial charge is 0.138 e. The van der Waals surface area contributed by atoms with Gasteiger partial charge in [0, 0.05) is 12.2 Å². The van der Waals surface area contributed by atoms with Gasteiger partial charge >= 0.3 is 0 Å². The van der Waals surface area contributed by atoms with E-state index >= 15 is 0 Å². The lowest BCUT2D eigenvalue weighted by Gasteiger charge is -2.08. The van der Waals surface area contributed by atoms with E-state index in [-0.39, 0.29) is 0 Å². The van der Waals surface area contributed by atoms with Crippen LogP contribution in [0.15, 0.2) is 42.0 Å². The molecular weight excluding hydrogens is 244 g/mol. The Bertz CT molecular complexity index is 677. The van der Waals surface area contributed by atoms with E-state index in [0.717, 1.165) is 27.3 Å². The largest absolute Gasteiger partial charge is 0.398 e. The van der Waals surface area contributed by atoms with Gasteiger partial charge in [0.2, 0.25) is 0 Å². The minimum atomic E-state index is 0.661. The second-order valence-corrected chi connectivity index (χ2v) is 4.81. The Morgan fingerprint density at radius 2 is 2.06 bits per heavy atom. The number of nitrogens with two attached hydrogens (primary N) is 1. The van der Waals surface area contributed by atoms with E-state index in [9.17, 15) is 0 Å². The minimum absolute atomic E-state index is 0.661. The van der Waals surface area contributed by atoms with Crippen molar-refractivity contribution in [3.05, 3.63) is 47.6 Å². The minimum Gasteiger partial charge on any atom is -0.398 e. The van der Waals surface area contributed by atoms with Gasteiger partial charge in [-0.25, -0.2) is 9.97 Å². The number of rotatable bonds is 3. The number of thiophene rings is 1. The average molecular weight is 256 g/mol. The van der Waals surface area contributed by atoms with Crippen LogP contribution in [-0.4, -0.2) is 9.97 Å². The Hall–Kier alpha value is -2.14. The van der Waals surface area contributed by atoms with Crippen LogP contribution in [0.1, 0.15) is 5.56 Å². The number of benzene rings is 1. The maximum absolute atomic E-state index is 5.91. The average Bonchev–Trinajstić information content (AvgIpc) is 2.86. The summed E-state index contributed by atoms with van der Waals surface area (Å²) in [4.78, 5) is 9.48. The number of hydrogen-bond acceptors (Lipinski definition) is 5. The highest BCUT2D eigenvalue weighted by molar-refractivity contribution is 7.16. The number of nitrogens with zero attached hydrogens (tertiary/aromatic N) is 2. The molecule has 0 unspecified atom stereocenters. The number of nitrogens with one attached hydrogen (secondary N) is 1. The Kier molecular flexibility index (Phi) is 2.82. The second-order valence-electron chi connectivity index (χ2n) is 3.91. The van der Waals surface area contributed by atoms with Crippen molar-refractivity contribution in [1.82, 2.24) is 9.97 Å². The maximum Gasteiger partial charge on any atom is 0.138 e. The molecule has 0 spiro atoms. The van der Waals surface area contributed by atoms with Crippen molar-refractivity contribution in [2.45, 2.75) is 6.54 Å². The molecule has 2 heterocycles. The van der Waals surface area contributed by atoms with Gasteiger partial charge in [-0.1, -0.05) is 18.2 Å². The third-order valence-electron chi connectivity index (χ3n) is 2.76. The summed E-state index contributed by atoms with van der Waals surface area (Å²) in [6.45, 7) is 0.661. The van der Waals surface area contributed by atoms with E-state index in [1.54, 1.807) is 17.7 Å².